The first-order chi connectivity index (χ1) is 8.63. The predicted molar refractivity (Wildman–Crippen MR) is 68.7 cm³/mol. The van der Waals surface area contributed by atoms with Crippen molar-refractivity contribution in [1.82, 2.24) is 0 Å². The lowest BCUT2D eigenvalue weighted by Gasteiger charge is -2.36. The van der Waals surface area contributed by atoms with Crippen molar-refractivity contribution in [2.45, 2.75) is 32.1 Å². The zero-order valence-electron chi connectivity index (χ0n) is 10.3. The molecule has 0 aliphatic heterocycles. The molecule has 2 aliphatic rings. The molecule has 2 aliphatic carbocycles. The predicted octanol–water partition coefficient (Wildman–Crippen LogP) is 4.55. The topological polar surface area (TPSA) is 0 Å². The van der Waals surface area contributed by atoms with Gasteiger partial charge in [0.05, 0.1) is 0 Å². The fourth-order valence-electron chi connectivity index (χ4n) is 4.03. The fraction of sp³-hybridized carbons (Fsp3) is 0.600. The lowest BCUT2D eigenvalue weighted by atomic mass is 9.71. The van der Waals surface area contributed by atoms with Crippen LogP contribution in [0.4, 0.5) is 8.78 Å². The lowest BCUT2D eigenvalue weighted by Crippen LogP contribution is -2.32. The van der Waals surface area contributed by atoms with E-state index in [1.54, 1.807) is 6.07 Å². The molecule has 2 fully saturated rings. The SMILES string of the molecule is Fc1ccc(CC2(CCl)CC3CCC2C3)c(F)c1. The molecule has 0 nitrogen and oxygen atoms in total. The summed E-state index contributed by atoms with van der Waals surface area (Å²) in [6.45, 7) is 0. The van der Waals surface area contributed by atoms with Crippen LogP contribution < -0.4 is 0 Å². The van der Waals surface area contributed by atoms with E-state index in [0.29, 0.717) is 23.8 Å². The van der Waals surface area contributed by atoms with E-state index in [4.69, 9.17) is 11.6 Å². The van der Waals surface area contributed by atoms with Crippen LogP contribution >= 0.6 is 11.6 Å². The van der Waals surface area contributed by atoms with Gasteiger partial charge in [-0.1, -0.05) is 12.5 Å². The quantitative estimate of drug-likeness (QED) is 0.707. The highest BCUT2D eigenvalue weighted by Crippen LogP contribution is 2.57. The van der Waals surface area contributed by atoms with Gasteiger partial charge in [-0.25, -0.2) is 8.78 Å². The van der Waals surface area contributed by atoms with Crippen molar-refractivity contribution in [1.29, 1.82) is 0 Å². The molecule has 0 N–H and O–H groups in total. The molecule has 98 valence electrons. The third-order valence-corrected chi connectivity index (χ3v) is 5.46. The molecular formula is C15H17ClF2. The van der Waals surface area contributed by atoms with Gasteiger partial charge in [-0.3, -0.25) is 0 Å². The molecule has 0 saturated heterocycles. The largest absolute Gasteiger partial charge is 0.207 e. The van der Waals surface area contributed by atoms with E-state index < -0.39 is 11.6 Å². The number of halogens is 3. The minimum Gasteiger partial charge on any atom is -0.207 e. The summed E-state index contributed by atoms with van der Waals surface area (Å²) < 4.78 is 26.7. The molecule has 3 rings (SSSR count). The van der Waals surface area contributed by atoms with Crippen molar-refractivity contribution in [3.8, 4) is 0 Å². The Hall–Kier alpha value is -0.630. The van der Waals surface area contributed by atoms with Crippen LogP contribution in [0, 0.1) is 28.9 Å². The molecule has 3 heteroatoms. The van der Waals surface area contributed by atoms with Gasteiger partial charge in [0, 0.05) is 11.9 Å². The van der Waals surface area contributed by atoms with E-state index >= 15 is 0 Å². The maximum absolute atomic E-state index is 13.8. The van der Waals surface area contributed by atoms with Crippen molar-refractivity contribution in [2.75, 3.05) is 5.88 Å². The average Bonchev–Trinajstić information content (AvgIpc) is 2.93. The summed E-state index contributed by atoms with van der Waals surface area (Å²) in [6.07, 6.45) is 5.53. The van der Waals surface area contributed by atoms with Crippen LogP contribution in [-0.4, -0.2) is 5.88 Å². The summed E-state index contributed by atoms with van der Waals surface area (Å²) in [7, 11) is 0. The molecule has 0 spiro atoms. The second-order valence-corrected chi connectivity index (χ2v) is 6.26. The molecule has 1 aromatic rings. The standard InChI is InChI=1S/C15H17ClF2/c16-9-15(7-10-1-3-12(15)5-10)8-11-2-4-13(17)6-14(11)18/h2,4,6,10,12H,1,3,5,7-9H2. The Morgan fingerprint density at radius 2 is 2.11 bits per heavy atom. The van der Waals surface area contributed by atoms with Gasteiger partial charge in [0.15, 0.2) is 0 Å². The second-order valence-electron chi connectivity index (χ2n) is 5.99. The molecule has 2 bridgehead atoms. The Bertz CT molecular complexity index is 460. The zero-order valence-corrected chi connectivity index (χ0v) is 11.0. The summed E-state index contributed by atoms with van der Waals surface area (Å²) in [4.78, 5) is 0. The maximum atomic E-state index is 13.8. The van der Waals surface area contributed by atoms with Crippen LogP contribution in [0.1, 0.15) is 31.2 Å². The Labute approximate surface area is 111 Å². The summed E-state index contributed by atoms with van der Waals surface area (Å²) in [5, 5.41) is 0. The molecule has 0 amide bonds. The third kappa shape index (κ3) is 1.95. The molecule has 2 saturated carbocycles. The van der Waals surface area contributed by atoms with Crippen molar-refractivity contribution in [3.05, 3.63) is 35.4 Å². The summed E-state index contributed by atoms with van der Waals surface area (Å²) in [5.41, 5.74) is 0.660. The van der Waals surface area contributed by atoms with Gasteiger partial charge in [-0.05, 0) is 54.6 Å². The third-order valence-electron chi connectivity index (χ3n) is 4.93. The van der Waals surface area contributed by atoms with E-state index in [1.807, 2.05) is 0 Å². The van der Waals surface area contributed by atoms with Crippen molar-refractivity contribution in [2.24, 2.45) is 17.3 Å². The molecule has 0 heterocycles. The van der Waals surface area contributed by atoms with Gasteiger partial charge < -0.3 is 0 Å². The lowest BCUT2D eigenvalue weighted by molar-refractivity contribution is 0.191. The smallest absolute Gasteiger partial charge is 0.129 e. The first-order valence-electron chi connectivity index (χ1n) is 6.63. The van der Waals surface area contributed by atoms with E-state index in [0.717, 1.165) is 18.4 Å². The number of alkyl halides is 1. The summed E-state index contributed by atoms with van der Waals surface area (Å²) in [5.74, 6) is 1.05. The first-order valence-corrected chi connectivity index (χ1v) is 7.16. The Morgan fingerprint density at radius 1 is 1.28 bits per heavy atom. The van der Waals surface area contributed by atoms with Gasteiger partial charge >= 0.3 is 0 Å². The molecule has 18 heavy (non-hydrogen) atoms. The molecule has 0 radical (unpaired) electrons. The maximum Gasteiger partial charge on any atom is 0.129 e. The minimum atomic E-state index is -0.510. The van der Waals surface area contributed by atoms with Crippen LogP contribution in [0.25, 0.3) is 0 Å². The number of hydrogen-bond donors (Lipinski definition) is 0. The van der Waals surface area contributed by atoms with Crippen molar-refractivity contribution >= 4 is 11.6 Å². The second kappa shape index (κ2) is 4.48. The normalized spacial score (nSPS) is 34.2. The fourth-order valence-corrected chi connectivity index (χ4v) is 4.45. The number of benzene rings is 1. The van der Waals surface area contributed by atoms with E-state index in [9.17, 15) is 8.78 Å². The first kappa shape index (κ1) is 12.4. The highest BCUT2D eigenvalue weighted by molar-refractivity contribution is 6.18. The Morgan fingerprint density at radius 3 is 2.67 bits per heavy atom. The van der Waals surface area contributed by atoms with Crippen LogP contribution in [0.2, 0.25) is 0 Å². The molecule has 3 atom stereocenters. The average molecular weight is 271 g/mol. The van der Waals surface area contributed by atoms with E-state index in [-0.39, 0.29) is 5.41 Å². The summed E-state index contributed by atoms with van der Waals surface area (Å²) in [6, 6.07) is 3.89. The van der Waals surface area contributed by atoms with Gasteiger partial charge in [0.1, 0.15) is 11.6 Å². The Balaban J connectivity index is 1.86. The molecular weight excluding hydrogens is 254 g/mol. The number of hydrogen-bond acceptors (Lipinski definition) is 0. The van der Waals surface area contributed by atoms with Crippen LogP contribution in [0.5, 0.6) is 0 Å². The van der Waals surface area contributed by atoms with E-state index in [2.05, 4.69) is 0 Å². The molecule has 1 aromatic carbocycles. The number of fused-ring (bicyclic) bond motifs is 2. The van der Waals surface area contributed by atoms with Gasteiger partial charge in [0.2, 0.25) is 0 Å². The van der Waals surface area contributed by atoms with Gasteiger partial charge in [-0.2, -0.15) is 0 Å². The highest BCUT2D eigenvalue weighted by atomic mass is 35.5. The molecule has 0 aromatic heterocycles. The monoisotopic (exact) mass is 270 g/mol. The van der Waals surface area contributed by atoms with Gasteiger partial charge in [0.25, 0.3) is 0 Å². The van der Waals surface area contributed by atoms with Gasteiger partial charge in [-0.15, -0.1) is 11.6 Å². The van der Waals surface area contributed by atoms with Crippen LogP contribution in [0.15, 0.2) is 18.2 Å². The minimum absolute atomic E-state index is 0.0448. The number of rotatable bonds is 3. The zero-order chi connectivity index (χ0) is 12.8. The Kier molecular flexibility index (Phi) is 3.09. The van der Waals surface area contributed by atoms with Crippen LogP contribution in [-0.2, 0) is 6.42 Å². The van der Waals surface area contributed by atoms with Crippen LogP contribution in [0.3, 0.4) is 0 Å². The highest BCUT2D eigenvalue weighted by Gasteiger charge is 2.50. The van der Waals surface area contributed by atoms with Crippen molar-refractivity contribution in [3.63, 3.8) is 0 Å². The van der Waals surface area contributed by atoms with E-state index in [1.165, 1.54) is 25.3 Å². The summed E-state index contributed by atoms with van der Waals surface area (Å²) >= 11 is 6.20. The molecule has 3 unspecified atom stereocenters. The van der Waals surface area contributed by atoms with Crippen molar-refractivity contribution < 1.29 is 8.78 Å².